The van der Waals surface area contributed by atoms with Crippen molar-refractivity contribution in [2.75, 3.05) is 11.9 Å². The van der Waals surface area contributed by atoms with Gasteiger partial charge in [-0.15, -0.1) is 0 Å². The number of rotatable bonds is 5. The Labute approximate surface area is 126 Å². The predicted molar refractivity (Wildman–Crippen MR) is 77.1 cm³/mol. The molecule has 1 aromatic carbocycles. The van der Waals surface area contributed by atoms with Crippen LogP contribution in [0, 0.1) is 0 Å². The SMILES string of the molecule is O=C(Nc1cc(Br)ccc1Br)NC(CCO)C(=O)O. The Morgan fingerprint density at radius 1 is 1.32 bits per heavy atom. The molecule has 0 aromatic heterocycles. The minimum Gasteiger partial charge on any atom is -0.480 e. The molecular weight excluding hydrogens is 384 g/mol. The first-order valence-electron chi connectivity index (χ1n) is 5.30. The van der Waals surface area contributed by atoms with Gasteiger partial charge >= 0.3 is 12.0 Å². The van der Waals surface area contributed by atoms with Crippen LogP contribution in [0.15, 0.2) is 27.1 Å². The van der Waals surface area contributed by atoms with E-state index in [4.69, 9.17) is 10.2 Å². The normalized spacial score (nSPS) is 11.7. The highest BCUT2D eigenvalue weighted by molar-refractivity contribution is 9.11. The van der Waals surface area contributed by atoms with E-state index >= 15 is 0 Å². The van der Waals surface area contributed by atoms with Crippen molar-refractivity contribution >= 4 is 49.5 Å². The number of anilines is 1. The molecule has 0 fully saturated rings. The molecule has 0 saturated heterocycles. The summed E-state index contributed by atoms with van der Waals surface area (Å²) < 4.78 is 1.44. The lowest BCUT2D eigenvalue weighted by atomic mass is 10.2. The smallest absolute Gasteiger partial charge is 0.326 e. The molecule has 0 spiro atoms. The molecule has 0 radical (unpaired) electrons. The number of urea groups is 1. The summed E-state index contributed by atoms with van der Waals surface area (Å²) in [5.41, 5.74) is 0.500. The van der Waals surface area contributed by atoms with E-state index in [1.54, 1.807) is 18.2 Å². The molecule has 19 heavy (non-hydrogen) atoms. The molecule has 2 amide bonds. The Balaban J connectivity index is 2.68. The lowest BCUT2D eigenvalue weighted by Crippen LogP contribution is -2.43. The second-order valence-electron chi connectivity index (χ2n) is 3.63. The summed E-state index contributed by atoms with van der Waals surface area (Å²) in [5.74, 6) is -1.20. The number of aliphatic hydroxyl groups excluding tert-OH is 1. The molecule has 0 heterocycles. The van der Waals surface area contributed by atoms with E-state index in [9.17, 15) is 9.59 Å². The largest absolute Gasteiger partial charge is 0.480 e. The molecule has 0 aliphatic rings. The van der Waals surface area contributed by atoms with E-state index in [-0.39, 0.29) is 13.0 Å². The number of amides is 2. The van der Waals surface area contributed by atoms with Crippen molar-refractivity contribution in [1.29, 1.82) is 0 Å². The predicted octanol–water partition coefficient (Wildman–Crippen LogP) is 2.17. The fourth-order valence-corrected chi connectivity index (χ4v) is 2.00. The van der Waals surface area contributed by atoms with Gasteiger partial charge in [0.15, 0.2) is 0 Å². The number of nitrogens with one attached hydrogen (secondary N) is 2. The van der Waals surface area contributed by atoms with E-state index < -0.39 is 18.0 Å². The van der Waals surface area contributed by atoms with E-state index in [1.165, 1.54) is 0 Å². The Morgan fingerprint density at radius 2 is 2.00 bits per heavy atom. The third-order valence-electron chi connectivity index (χ3n) is 2.20. The highest BCUT2D eigenvalue weighted by atomic mass is 79.9. The number of carbonyl (C=O) groups excluding carboxylic acids is 1. The number of benzene rings is 1. The maximum Gasteiger partial charge on any atom is 0.326 e. The maximum atomic E-state index is 11.7. The Morgan fingerprint density at radius 3 is 2.58 bits per heavy atom. The lowest BCUT2D eigenvalue weighted by Gasteiger charge is -2.14. The number of hydrogen-bond acceptors (Lipinski definition) is 3. The molecule has 6 nitrogen and oxygen atoms in total. The minimum atomic E-state index is -1.20. The first-order chi connectivity index (χ1) is 8.93. The van der Waals surface area contributed by atoms with Gasteiger partial charge in [0.2, 0.25) is 0 Å². The number of aliphatic hydroxyl groups is 1. The zero-order valence-electron chi connectivity index (χ0n) is 9.69. The average molecular weight is 396 g/mol. The van der Waals surface area contributed by atoms with Gasteiger partial charge < -0.3 is 20.8 Å². The summed E-state index contributed by atoms with van der Waals surface area (Å²) in [7, 11) is 0. The summed E-state index contributed by atoms with van der Waals surface area (Å²) in [6.07, 6.45) is -0.0532. The minimum absolute atomic E-state index is 0.0532. The van der Waals surface area contributed by atoms with Gasteiger partial charge in [0.25, 0.3) is 0 Å². The molecule has 0 aliphatic heterocycles. The summed E-state index contributed by atoms with van der Waals surface area (Å²) in [5, 5.41) is 22.4. The second kappa shape index (κ2) is 7.46. The molecule has 0 bridgehead atoms. The molecule has 8 heteroatoms. The summed E-state index contributed by atoms with van der Waals surface area (Å²) in [4.78, 5) is 22.5. The Bertz CT molecular complexity index is 482. The first kappa shape index (κ1) is 15.9. The van der Waals surface area contributed by atoms with E-state index in [0.717, 1.165) is 4.47 Å². The number of aliphatic carboxylic acids is 1. The number of halogens is 2. The zero-order valence-corrected chi connectivity index (χ0v) is 12.9. The van der Waals surface area contributed by atoms with Crippen LogP contribution in [0.3, 0.4) is 0 Å². The van der Waals surface area contributed by atoms with Crippen LogP contribution >= 0.6 is 31.9 Å². The van der Waals surface area contributed by atoms with Gasteiger partial charge in [0.05, 0.1) is 5.69 Å². The van der Waals surface area contributed by atoms with Crippen molar-refractivity contribution in [2.24, 2.45) is 0 Å². The van der Waals surface area contributed by atoms with Gasteiger partial charge in [-0.05, 0) is 34.1 Å². The van der Waals surface area contributed by atoms with Gasteiger partial charge in [-0.3, -0.25) is 0 Å². The van der Waals surface area contributed by atoms with Crippen molar-refractivity contribution in [3.63, 3.8) is 0 Å². The van der Waals surface area contributed by atoms with Crippen LogP contribution in [0.2, 0.25) is 0 Å². The summed E-state index contributed by atoms with van der Waals surface area (Å²) >= 11 is 6.53. The van der Waals surface area contributed by atoms with Crippen LogP contribution in [0.5, 0.6) is 0 Å². The van der Waals surface area contributed by atoms with Crippen molar-refractivity contribution in [3.8, 4) is 0 Å². The topological polar surface area (TPSA) is 98.7 Å². The molecule has 1 unspecified atom stereocenters. The summed E-state index contributed by atoms with van der Waals surface area (Å²) in [6, 6.07) is 3.42. The van der Waals surface area contributed by atoms with Gasteiger partial charge in [0, 0.05) is 22.0 Å². The van der Waals surface area contributed by atoms with Crippen LogP contribution in [-0.2, 0) is 4.79 Å². The van der Waals surface area contributed by atoms with Gasteiger partial charge in [-0.25, -0.2) is 9.59 Å². The third-order valence-corrected chi connectivity index (χ3v) is 3.38. The van der Waals surface area contributed by atoms with E-state index in [0.29, 0.717) is 10.2 Å². The molecule has 1 atom stereocenters. The van der Waals surface area contributed by atoms with Crippen LogP contribution in [0.1, 0.15) is 6.42 Å². The molecule has 0 saturated carbocycles. The van der Waals surface area contributed by atoms with E-state index in [2.05, 4.69) is 42.5 Å². The molecule has 0 aliphatic carbocycles. The van der Waals surface area contributed by atoms with Crippen molar-refractivity contribution in [3.05, 3.63) is 27.1 Å². The molecule has 104 valence electrons. The molecule has 4 N–H and O–H groups in total. The number of carbonyl (C=O) groups is 2. The van der Waals surface area contributed by atoms with Gasteiger partial charge in [-0.2, -0.15) is 0 Å². The Kier molecular flexibility index (Phi) is 6.26. The monoisotopic (exact) mass is 394 g/mol. The maximum absolute atomic E-state index is 11.7. The molecule has 1 rings (SSSR count). The van der Waals surface area contributed by atoms with Crippen LogP contribution in [-0.4, -0.2) is 34.9 Å². The highest BCUT2D eigenvalue weighted by Gasteiger charge is 2.19. The lowest BCUT2D eigenvalue weighted by molar-refractivity contribution is -0.139. The van der Waals surface area contributed by atoms with Gasteiger partial charge in [-0.1, -0.05) is 15.9 Å². The zero-order chi connectivity index (χ0) is 14.4. The Hall–Kier alpha value is -1.12. The van der Waals surface area contributed by atoms with E-state index in [1.807, 2.05) is 0 Å². The van der Waals surface area contributed by atoms with Crippen LogP contribution in [0.25, 0.3) is 0 Å². The first-order valence-corrected chi connectivity index (χ1v) is 6.89. The third kappa shape index (κ3) is 5.17. The van der Waals surface area contributed by atoms with Gasteiger partial charge in [0.1, 0.15) is 6.04 Å². The van der Waals surface area contributed by atoms with Crippen molar-refractivity contribution in [2.45, 2.75) is 12.5 Å². The molecule has 1 aromatic rings. The fourth-order valence-electron chi connectivity index (χ4n) is 1.30. The number of carboxylic acids is 1. The second-order valence-corrected chi connectivity index (χ2v) is 5.40. The van der Waals surface area contributed by atoms with Crippen LogP contribution < -0.4 is 10.6 Å². The van der Waals surface area contributed by atoms with Crippen molar-refractivity contribution < 1.29 is 19.8 Å². The summed E-state index contributed by atoms with van der Waals surface area (Å²) in [6.45, 7) is -0.322. The standard InChI is InChI=1S/C11H12Br2N2O4/c12-6-1-2-7(13)9(5-6)15-11(19)14-8(3-4-16)10(17)18/h1-2,5,8,16H,3-4H2,(H,17,18)(H2,14,15,19). The van der Waals surface area contributed by atoms with Crippen LogP contribution in [0.4, 0.5) is 10.5 Å². The fraction of sp³-hybridized carbons (Fsp3) is 0.273. The number of hydrogen-bond donors (Lipinski definition) is 4. The quantitative estimate of drug-likeness (QED) is 0.613. The highest BCUT2D eigenvalue weighted by Crippen LogP contribution is 2.25. The number of carboxylic acid groups (broad SMARTS) is 1. The average Bonchev–Trinajstić information content (AvgIpc) is 2.33. The van der Waals surface area contributed by atoms with Crippen molar-refractivity contribution in [1.82, 2.24) is 5.32 Å². The molecular formula is C11H12Br2N2O4.